The molecule has 0 bridgehead atoms. The van der Waals surface area contributed by atoms with Crippen molar-refractivity contribution < 1.29 is 23.9 Å². The molecule has 1 aromatic rings. The summed E-state index contributed by atoms with van der Waals surface area (Å²) in [5, 5.41) is 11.5. The van der Waals surface area contributed by atoms with Crippen LogP contribution >= 0.6 is 24.0 Å². The van der Waals surface area contributed by atoms with E-state index in [9.17, 15) is 14.4 Å². The summed E-state index contributed by atoms with van der Waals surface area (Å²) < 4.78 is 10.5. The van der Waals surface area contributed by atoms with Crippen molar-refractivity contribution in [1.82, 2.24) is 10.2 Å². The summed E-state index contributed by atoms with van der Waals surface area (Å²) in [5.74, 6) is -0.739. The van der Waals surface area contributed by atoms with Gasteiger partial charge in [0.25, 0.3) is 5.91 Å². The van der Waals surface area contributed by atoms with Crippen LogP contribution in [0.5, 0.6) is 5.75 Å². The van der Waals surface area contributed by atoms with E-state index in [1.807, 2.05) is 6.07 Å². The summed E-state index contributed by atoms with van der Waals surface area (Å²) in [4.78, 5) is 36.2. The number of thiocarbonyl (C=S) groups is 1. The summed E-state index contributed by atoms with van der Waals surface area (Å²) in [6.07, 6.45) is 0. The van der Waals surface area contributed by atoms with Crippen LogP contribution in [-0.4, -0.2) is 59.1 Å². The van der Waals surface area contributed by atoms with Gasteiger partial charge in [0.1, 0.15) is 16.1 Å². The van der Waals surface area contributed by atoms with E-state index in [1.165, 1.54) is 16.7 Å². The van der Waals surface area contributed by atoms with Gasteiger partial charge in [-0.05, 0) is 12.1 Å². The Morgan fingerprint density at radius 3 is 2.81 bits per heavy atom. The summed E-state index contributed by atoms with van der Waals surface area (Å²) in [5.41, 5.74) is 0.297. The number of nitrogens with one attached hydrogen (secondary N) is 1. The average molecular weight is 393 g/mol. The number of nitrogens with zero attached hydrogens (tertiary/aromatic N) is 2. The lowest BCUT2D eigenvalue weighted by atomic mass is 10.2. The highest BCUT2D eigenvalue weighted by atomic mass is 32.2. The van der Waals surface area contributed by atoms with Crippen molar-refractivity contribution in [2.24, 2.45) is 0 Å². The Morgan fingerprint density at radius 2 is 2.12 bits per heavy atom. The molecule has 10 heteroatoms. The largest absolute Gasteiger partial charge is 0.481 e. The van der Waals surface area contributed by atoms with E-state index in [4.69, 9.17) is 27.0 Å². The third kappa shape index (κ3) is 5.72. The minimum Gasteiger partial charge on any atom is -0.481 e. The number of carbonyl (C=O) groups excluding carboxylic acids is 3. The number of hydrogen-bond donors (Lipinski definition) is 1. The molecular formula is C16H15N3O5S2. The molecule has 1 saturated heterocycles. The molecule has 8 nitrogen and oxygen atoms in total. The van der Waals surface area contributed by atoms with Crippen LogP contribution < -0.4 is 10.1 Å². The highest BCUT2D eigenvalue weighted by molar-refractivity contribution is 8.23. The number of hydrogen-bond acceptors (Lipinski definition) is 8. The van der Waals surface area contributed by atoms with Crippen molar-refractivity contribution in [2.45, 2.75) is 0 Å². The molecule has 0 unspecified atom stereocenters. The third-order valence-corrected chi connectivity index (χ3v) is 4.65. The zero-order valence-electron chi connectivity index (χ0n) is 13.6. The van der Waals surface area contributed by atoms with Gasteiger partial charge in [0.05, 0.1) is 11.3 Å². The number of para-hydroxylation sites is 1. The molecule has 0 saturated carbocycles. The molecule has 0 radical (unpaired) electrons. The molecule has 1 heterocycles. The van der Waals surface area contributed by atoms with Gasteiger partial charge in [0.2, 0.25) is 5.91 Å². The molecule has 1 fully saturated rings. The smallest absolute Gasteiger partial charge is 0.344 e. The number of rotatable bonds is 8. The first kappa shape index (κ1) is 19.7. The van der Waals surface area contributed by atoms with E-state index in [-0.39, 0.29) is 24.7 Å². The molecule has 0 aromatic heterocycles. The van der Waals surface area contributed by atoms with Gasteiger partial charge in [-0.15, -0.1) is 0 Å². The Labute approximate surface area is 159 Å². The van der Waals surface area contributed by atoms with Crippen LogP contribution in [0.15, 0.2) is 24.3 Å². The van der Waals surface area contributed by atoms with Crippen LogP contribution in [0.25, 0.3) is 0 Å². The Bertz CT molecular complexity index is 746. The van der Waals surface area contributed by atoms with E-state index >= 15 is 0 Å². The topological polar surface area (TPSA) is 109 Å². The average Bonchev–Trinajstić information content (AvgIpc) is 2.96. The van der Waals surface area contributed by atoms with Crippen molar-refractivity contribution in [3.8, 4) is 11.8 Å². The van der Waals surface area contributed by atoms with Crippen molar-refractivity contribution in [3.63, 3.8) is 0 Å². The SMILES string of the molecule is N#Cc1ccccc1OCC(=O)OCC(=O)NCCN1C(=O)CSC1=S. The summed E-state index contributed by atoms with van der Waals surface area (Å²) >= 11 is 6.31. The van der Waals surface area contributed by atoms with Crippen LogP contribution in [0.1, 0.15) is 5.56 Å². The van der Waals surface area contributed by atoms with Gasteiger partial charge in [-0.25, -0.2) is 4.79 Å². The van der Waals surface area contributed by atoms with Gasteiger partial charge < -0.3 is 14.8 Å². The summed E-state index contributed by atoms with van der Waals surface area (Å²) in [7, 11) is 0. The van der Waals surface area contributed by atoms with Gasteiger partial charge in [-0.2, -0.15) is 5.26 Å². The van der Waals surface area contributed by atoms with E-state index in [2.05, 4.69) is 5.32 Å². The van der Waals surface area contributed by atoms with Crippen molar-refractivity contribution in [2.75, 3.05) is 32.1 Å². The molecule has 0 spiro atoms. The first-order valence-electron chi connectivity index (χ1n) is 7.52. The number of thioether (sulfide) groups is 1. The molecule has 0 atom stereocenters. The predicted molar refractivity (Wildman–Crippen MR) is 97.4 cm³/mol. The highest BCUT2D eigenvalue weighted by Gasteiger charge is 2.25. The number of amides is 2. The van der Waals surface area contributed by atoms with E-state index in [0.29, 0.717) is 15.6 Å². The summed E-state index contributed by atoms with van der Waals surface area (Å²) in [6.45, 7) is -0.401. The zero-order valence-corrected chi connectivity index (χ0v) is 15.2. The third-order valence-electron chi connectivity index (χ3n) is 3.22. The molecule has 1 aromatic carbocycles. The van der Waals surface area contributed by atoms with Gasteiger partial charge >= 0.3 is 5.97 Å². The van der Waals surface area contributed by atoms with Gasteiger partial charge in [-0.3, -0.25) is 14.5 Å². The fraction of sp³-hybridized carbons (Fsp3) is 0.312. The highest BCUT2D eigenvalue weighted by Crippen LogP contribution is 2.18. The predicted octanol–water partition coefficient (Wildman–Crippen LogP) is 0.457. The Hall–Kier alpha value is -2.64. The molecule has 0 aliphatic carbocycles. The summed E-state index contributed by atoms with van der Waals surface area (Å²) in [6, 6.07) is 8.40. The van der Waals surface area contributed by atoms with Crippen LogP contribution in [-0.2, 0) is 19.1 Å². The molecule has 136 valence electrons. The number of nitriles is 1. The fourth-order valence-electron chi connectivity index (χ4n) is 1.96. The Morgan fingerprint density at radius 1 is 1.35 bits per heavy atom. The zero-order chi connectivity index (χ0) is 18.9. The second-order valence-corrected chi connectivity index (χ2v) is 6.62. The first-order chi connectivity index (χ1) is 12.5. The molecule has 1 aliphatic rings. The number of benzene rings is 1. The second-order valence-electron chi connectivity index (χ2n) is 5.01. The van der Waals surface area contributed by atoms with Gasteiger partial charge in [-0.1, -0.05) is 36.1 Å². The lowest BCUT2D eigenvalue weighted by molar-refractivity contribution is -0.150. The second kappa shape index (κ2) is 9.74. The van der Waals surface area contributed by atoms with Crippen LogP contribution in [0.3, 0.4) is 0 Å². The monoisotopic (exact) mass is 393 g/mol. The van der Waals surface area contributed by atoms with E-state index in [1.54, 1.807) is 24.3 Å². The lowest BCUT2D eigenvalue weighted by Crippen LogP contribution is -2.38. The van der Waals surface area contributed by atoms with Crippen LogP contribution in [0, 0.1) is 11.3 Å². The normalized spacial score (nSPS) is 13.3. The van der Waals surface area contributed by atoms with Crippen molar-refractivity contribution >= 4 is 46.1 Å². The maximum atomic E-state index is 11.6. The van der Waals surface area contributed by atoms with Crippen molar-refractivity contribution in [3.05, 3.63) is 29.8 Å². The standard InChI is InChI=1S/C16H15N3O5S2/c17-7-11-3-1-2-4-12(11)23-9-15(22)24-8-13(20)18-5-6-19-14(21)10-26-16(19)25/h1-4H,5-6,8-10H2,(H,18,20). The quantitative estimate of drug-likeness (QED) is 0.501. The molecule has 26 heavy (non-hydrogen) atoms. The Kier molecular flexibility index (Phi) is 7.37. The van der Waals surface area contributed by atoms with E-state index < -0.39 is 25.1 Å². The lowest BCUT2D eigenvalue weighted by Gasteiger charge is -2.15. The van der Waals surface area contributed by atoms with Crippen molar-refractivity contribution in [1.29, 1.82) is 5.26 Å². The molecule has 2 amide bonds. The van der Waals surface area contributed by atoms with Gasteiger partial charge in [0.15, 0.2) is 13.2 Å². The number of esters is 1. The molecule has 1 N–H and O–H groups in total. The molecule has 1 aliphatic heterocycles. The van der Waals surface area contributed by atoms with Crippen LogP contribution in [0.2, 0.25) is 0 Å². The maximum Gasteiger partial charge on any atom is 0.344 e. The first-order valence-corrected chi connectivity index (χ1v) is 8.92. The van der Waals surface area contributed by atoms with E-state index in [0.717, 1.165) is 0 Å². The molecule has 2 rings (SSSR count). The molecular weight excluding hydrogens is 378 g/mol. The van der Waals surface area contributed by atoms with Crippen LogP contribution in [0.4, 0.5) is 0 Å². The minimum atomic E-state index is -0.736. The number of carbonyl (C=O) groups is 3. The van der Waals surface area contributed by atoms with Gasteiger partial charge in [0, 0.05) is 13.1 Å². The fourth-order valence-corrected chi connectivity index (χ4v) is 3.09. The maximum absolute atomic E-state index is 11.6. The minimum absolute atomic E-state index is 0.0875. The number of ether oxygens (including phenoxy) is 2. The Balaban J connectivity index is 1.64.